The molecule has 25 heavy (non-hydrogen) atoms. The molecule has 0 aromatic heterocycles. The van der Waals surface area contributed by atoms with E-state index in [0.717, 1.165) is 16.9 Å². The third-order valence-corrected chi connectivity index (χ3v) is 4.47. The van der Waals surface area contributed by atoms with Gasteiger partial charge in [-0.25, -0.2) is 4.79 Å². The summed E-state index contributed by atoms with van der Waals surface area (Å²) in [5.41, 5.74) is 2.32. The van der Waals surface area contributed by atoms with Crippen LogP contribution in [0.3, 0.4) is 0 Å². The SMILES string of the molecule is CSc1ccc(OC(=O)Oc2ccccc2)cc1Cc1ccccc1. The lowest BCUT2D eigenvalue weighted by molar-refractivity contribution is 0.152. The Kier molecular flexibility index (Phi) is 5.75. The van der Waals surface area contributed by atoms with E-state index in [1.165, 1.54) is 5.56 Å². The zero-order valence-electron chi connectivity index (χ0n) is 13.8. The first-order valence-corrected chi connectivity index (χ1v) is 9.12. The molecule has 0 aliphatic rings. The summed E-state index contributed by atoms with van der Waals surface area (Å²) in [5.74, 6) is 0.933. The highest BCUT2D eigenvalue weighted by Gasteiger charge is 2.11. The molecule has 0 unspecified atom stereocenters. The van der Waals surface area contributed by atoms with E-state index in [9.17, 15) is 4.79 Å². The number of thioether (sulfide) groups is 1. The molecule has 126 valence electrons. The van der Waals surface area contributed by atoms with Crippen LogP contribution >= 0.6 is 11.8 Å². The van der Waals surface area contributed by atoms with Crippen molar-refractivity contribution in [2.75, 3.05) is 6.26 Å². The Bertz CT molecular complexity index is 832. The van der Waals surface area contributed by atoms with Crippen molar-refractivity contribution in [2.24, 2.45) is 0 Å². The van der Waals surface area contributed by atoms with Crippen LogP contribution in [0.5, 0.6) is 11.5 Å². The van der Waals surface area contributed by atoms with Crippen molar-refractivity contribution in [1.29, 1.82) is 0 Å². The largest absolute Gasteiger partial charge is 0.519 e. The van der Waals surface area contributed by atoms with E-state index in [0.29, 0.717) is 11.5 Å². The molecule has 0 aliphatic carbocycles. The van der Waals surface area contributed by atoms with Gasteiger partial charge in [0.2, 0.25) is 0 Å². The topological polar surface area (TPSA) is 35.5 Å². The molecule has 0 aliphatic heterocycles. The monoisotopic (exact) mass is 350 g/mol. The minimum Gasteiger partial charge on any atom is -0.395 e. The van der Waals surface area contributed by atoms with Crippen molar-refractivity contribution >= 4 is 17.9 Å². The summed E-state index contributed by atoms with van der Waals surface area (Å²) in [6.45, 7) is 0. The molecule has 0 fully saturated rings. The summed E-state index contributed by atoms with van der Waals surface area (Å²) < 4.78 is 10.5. The molecule has 0 atom stereocenters. The maximum absolute atomic E-state index is 12.0. The highest BCUT2D eigenvalue weighted by Crippen LogP contribution is 2.27. The molecule has 0 heterocycles. The minimum atomic E-state index is -0.742. The quantitative estimate of drug-likeness (QED) is 0.342. The van der Waals surface area contributed by atoms with Crippen LogP contribution < -0.4 is 9.47 Å². The Hall–Kier alpha value is -2.72. The third-order valence-electron chi connectivity index (χ3n) is 3.63. The van der Waals surface area contributed by atoms with Gasteiger partial charge in [0.15, 0.2) is 0 Å². The van der Waals surface area contributed by atoms with Crippen LogP contribution in [0.15, 0.2) is 83.8 Å². The number of carbonyl (C=O) groups excluding carboxylic acids is 1. The molecule has 4 heteroatoms. The van der Waals surface area contributed by atoms with Gasteiger partial charge in [-0.1, -0.05) is 48.5 Å². The average molecular weight is 350 g/mol. The van der Waals surface area contributed by atoms with Crippen LogP contribution in [0.4, 0.5) is 4.79 Å². The summed E-state index contributed by atoms with van der Waals surface area (Å²) in [6.07, 6.45) is 2.07. The molecule has 0 radical (unpaired) electrons. The van der Waals surface area contributed by atoms with Gasteiger partial charge in [-0.15, -0.1) is 11.8 Å². The van der Waals surface area contributed by atoms with Gasteiger partial charge in [0.25, 0.3) is 0 Å². The van der Waals surface area contributed by atoms with Gasteiger partial charge in [0.1, 0.15) is 11.5 Å². The molecular formula is C21H18O3S. The molecule has 0 bridgehead atoms. The average Bonchev–Trinajstić information content (AvgIpc) is 2.63. The van der Waals surface area contributed by atoms with Gasteiger partial charge in [0.05, 0.1) is 0 Å². The Morgan fingerprint density at radius 1 is 0.840 bits per heavy atom. The van der Waals surface area contributed by atoms with E-state index >= 15 is 0 Å². The maximum Gasteiger partial charge on any atom is 0.519 e. The zero-order valence-corrected chi connectivity index (χ0v) is 14.7. The van der Waals surface area contributed by atoms with Crippen molar-refractivity contribution in [1.82, 2.24) is 0 Å². The molecule has 0 saturated heterocycles. The molecule has 0 N–H and O–H groups in total. The predicted molar refractivity (Wildman–Crippen MR) is 101 cm³/mol. The van der Waals surface area contributed by atoms with Gasteiger partial charge in [-0.3, -0.25) is 0 Å². The second-order valence-corrected chi connectivity index (χ2v) is 6.25. The highest BCUT2D eigenvalue weighted by molar-refractivity contribution is 7.98. The molecule has 0 saturated carbocycles. The standard InChI is InChI=1S/C21H18O3S/c1-25-20-13-12-19(15-17(20)14-16-8-4-2-5-9-16)24-21(22)23-18-10-6-3-7-11-18/h2-13,15H,14H2,1H3. The molecule has 0 spiro atoms. The first-order valence-electron chi connectivity index (χ1n) is 7.90. The number of benzene rings is 3. The summed E-state index contributed by atoms with van der Waals surface area (Å²) in [6, 6.07) is 24.7. The second kappa shape index (κ2) is 8.40. The van der Waals surface area contributed by atoms with E-state index in [1.54, 1.807) is 42.1 Å². The molecule has 3 nitrogen and oxygen atoms in total. The number of hydrogen-bond donors (Lipinski definition) is 0. The fourth-order valence-electron chi connectivity index (χ4n) is 2.47. The lowest BCUT2D eigenvalue weighted by Crippen LogP contribution is -2.13. The first kappa shape index (κ1) is 17.1. The fraction of sp³-hybridized carbons (Fsp3) is 0.0952. The van der Waals surface area contributed by atoms with Gasteiger partial charge in [-0.2, -0.15) is 0 Å². The Balaban J connectivity index is 1.73. The third kappa shape index (κ3) is 4.88. The summed E-state index contributed by atoms with van der Waals surface area (Å²) in [7, 11) is 0. The zero-order chi connectivity index (χ0) is 17.5. The number of carbonyl (C=O) groups is 1. The van der Waals surface area contributed by atoms with E-state index in [2.05, 4.69) is 12.1 Å². The van der Waals surface area contributed by atoms with Crippen LogP contribution in [-0.2, 0) is 6.42 Å². The Morgan fingerprint density at radius 3 is 2.16 bits per heavy atom. The Morgan fingerprint density at radius 2 is 1.48 bits per heavy atom. The van der Waals surface area contributed by atoms with E-state index in [-0.39, 0.29) is 0 Å². The van der Waals surface area contributed by atoms with Crippen LogP contribution in [-0.4, -0.2) is 12.4 Å². The van der Waals surface area contributed by atoms with Gasteiger partial charge < -0.3 is 9.47 Å². The summed E-state index contributed by atoms with van der Waals surface area (Å²) >= 11 is 1.67. The summed E-state index contributed by atoms with van der Waals surface area (Å²) in [4.78, 5) is 13.1. The van der Waals surface area contributed by atoms with Crippen LogP contribution in [0, 0.1) is 0 Å². The molecular weight excluding hydrogens is 332 g/mol. The predicted octanol–water partition coefficient (Wildman–Crippen LogP) is 5.58. The summed E-state index contributed by atoms with van der Waals surface area (Å²) in [5, 5.41) is 0. The van der Waals surface area contributed by atoms with Crippen molar-refractivity contribution in [3.63, 3.8) is 0 Å². The van der Waals surface area contributed by atoms with Crippen molar-refractivity contribution < 1.29 is 14.3 Å². The number of rotatable bonds is 5. The van der Waals surface area contributed by atoms with Crippen LogP contribution in [0.2, 0.25) is 0 Å². The van der Waals surface area contributed by atoms with Crippen molar-refractivity contribution in [3.05, 3.63) is 90.0 Å². The van der Waals surface area contributed by atoms with Crippen molar-refractivity contribution in [3.8, 4) is 11.5 Å². The minimum absolute atomic E-state index is 0.456. The van der Waals surface area contributed by atoms with E-state index in [1.807, 2.05) is 42.7 Å². The second-order valence-electron chi connectivity index (χ2n) is 5.40. The lowest BCUT2D eigenvalue weighted by atomic mass is 10.0. The fourth-order valence-corrected chi connectivity index (χ4v) is 3.07. The smallest absolute Gasteiger partial charge is 0.395 e. The molecule has 3 rings (SSSR count). The molecule has 3 aromatic rings. The van der Waals surface area contributed by atoms with Gasteiger partial charge >= 0.3 is 6.16 Å². The van der Waals surface area contributed by atoms with Gasteiger partial charge in [0, 0.05) is 4.90 Å². The van der Waals surface area contributed by atoms with Crippen molar-refractivity contribution in [2.45, 2.75) is 11.3 Å². The van der Waals surface area contributed by atoms with E-state index < -0.39 is 6.16 Å². The maximum atomic E-state index is 12.0. The first-order chi connectivity index (χ1) is 12.2. The van der Waals surface area contributed by atoms with Crippen LogP contribution in [0.1, 0.15) is 11.1 Å². The van der Waals surface area contributed by atoms with Gasteiger partial charge in [-0.05, 0) is 54.1 Å². The molecule has 3 aromatic carbocycles. The normalized spacial score (nSPS) is 10.3. The number of hydrogen-bond acceptors (Lipinski definition) is 4. The Labute approximate surface area is 151 Å². The molecule has 0 amide bonds. The number of para-hydroxylation sites is 1. The van der Waals surface area contributed by atoms with Crippen LogP contribution in [0.25, 0.3) is 0 Å². The highest BCUT2D eigenvalue weighted by atomic mass is 32.2. The van der Waals surface area contributed by atoms with E-state index in [4.69, 9.17) is 9.47 Å². The lowest BCUT2D eigenvalue weighted by Gasteiger charge is -2.11. The number of ether oxygens (including phenoxy) is 2.